The van der Waals surface area contributed by atoms with Crippen LogP contribution in [0.2, 0.25) is 0 Å². The molecule has 2 aliphatic rings. The average molecular weight is 341 g/mol. The second kappa shape index (κ2) is 5.85. The van der Waals surface area contributed by atoms with Crippen molar-refractivity contribution in [1.29, 1.82) is 0 Å². The quantitative estimate of drug-likeness (QED) is 0.880. The molecule has 2 atom stereocenters. The number of nitrogens with one attached hydrogen (secondary N) is 1. The van der Waals surface area contributed by atoms with Crippen LogP contribution in [0.1, 0.15) is 38.5 Å². The van der Waals surface area contributed by atoms with Crippen molar-refractivity contribution >= 4 is 21.6 Å². The number of nitrogens with zero attached hydrogens (tertiary/aromatic N) is 2. The monoisotopic (exact) mass is 340 g/mol. The van der Waals surface area contributed by atoms with Crippen LogP contribution in [0.25, 0.3) is 0 Å². The van der Waals surface area contributed by atoms with Crippen molar-refractivity contribution in [2.45, 2.75) is 57.2 Å². The summed E-state index contributed by atoms with van der Waals surface area (Å²) in [4.78, 5) is 12.3. The van der Waals surface area contributed by atoms with Gasteiger partial charge in [0.2, 0.25) is 0 Å². The Morgan fingerprint density at radius 1 is 1.35 bits per heavy atom. The molecule has 0 bridgehead atoms. The van der Waals surface area contributed by atoms with Crippen LogP contribution in [0.5, 0.6) is 0 Å². The number of aromatic nitrogens is 2. The molecule has 1 aromatic rings. The van der Waals surface area contributed by atoms with Gasteiger partial charge in [-0.3, -0.25) is 4.79 Å². The molecule has 0 aromatic carbocycles. The van der Waals surface area contributed by atoms with Gasteiger partial charge in [0.1, 0.15) is 4.47 Å². The highest BCUT2D eigenvalue weighted by atomic mass is 79.9. The van der Waals surface area contributed by atoms with Crippen molar-refractivity contribution in [2.24, 2.45) is 11.7 Å². The third-order valence-electron chi connectivity index (χ3n) is 4.27. The lowest BCUT2D eigenvalue weighted by molar-refractivity contribution is 0.403. The van der Waals surface area contributed by atoms with Crippen LogP contribution < -0.4 is 16.6 Å². The zero-order chi connectivity index (χ0) is 14.1. The second-order valence-electron chi connectivity index (χ2n) is 6.00. The first kappa shape index (κ1) is 14.1. The number of rotatable bonds is 4. The predicted octanol–water partition coefficient (Wildman–Crippen LogP) is 2.10. The Morgan fingerprint density at radius 2 is 2.10 bits per heavy atom. The summed E-state index contributed by atoms with van der Waals surface area (Å²) in [5.74, 6) is 0.637. The van der Waals surface area contributed by atoms with E-state index in [9.17, 15) is 4.79 Å². The standard InChI is InChI=1S/C14H21BrN4O/c15-13-12(18-11-4-2-1-3-10(11)16)7-17-19(14(13)20)8-9-5-6-9/h7,9-11,18H,1-6,8,16H2. The summed E-state index contributed by atoms with van der Waals surface area (Å²) in [5, 5.41) is 7.67. The van der Waals surface area contributed by atoms with E-state index >= 15 is 0 Å². The van der Waals surface area contributed by atoms with Gasteiger partial charge < -0.3 is 11.1 Å². The number of hydrogen-bond acceptors (Lipinski definition) is 4. The molecular formula is C14H21BrN4O. The lowest BCUT2D eigenvalue weighted by Crippen LogP contribution is -2.43. The van der Waals surface area contributed by atoms with Crippen molar-refractivity contribution in [3.8, 4) is 0 Å². The normalized spacial score (nSPS) is 26.5. The van der Waals surface area contributed by atoms with E-state index in [4.69, 9.17) is 5.73 Å². The van der Waals surface area contributed by atoms with Gasteiger partial charge in [-0.25, -0.2) is 4.68 Å². The van der Waals surface area contributed by atoms with Gasteiger partial charge in [0.25, 0.3) is 5.56 Å². The summed E-state index contributed by atoms with van der Waals surface area (Å²) >= 11 is 3.41. The Morgan fingerprint density at radius 3 is 2.80 bits per heavy atom. The summed E-state index contributed by atoms with van der Waals surface area (Å²) in [7, 11) is 0. The minimum Gasteiger partial charge on any atom is -0.378 e. The highest BCUT2D eigenvalue weighted by molar-refractivity contribution is 9.10. The summed E-state index contributed by atoms with van der Waals surface area (Å²) < 4.78 is 2.14. The molecule has 2 aliphatic carbocycles. The van der Waals surface area contributed by atoms with E-state index in [0.717, 1.165) is 25.1 Å². The number of halogens is 1. The molecule has 20 heavy (non-hydrogen) atoms. The molecule has 3 N–H and O–H groups in total. The van der Waals surface area contributed by atoms with Crippen molar-refractivity contribution in [2.75, 3.05) is 5.32 Å². The predicted molar refractivity (Wildman–Crippen MR) is 82.8 cm³/mol. The Labute approximate surface area is 127 Å². The van der Waals surface area contributed by atoms with Crippen molar-refractivity contribution in [3.05, 3.63) is 21.0 Å². The second-order valence-corrected chi connectivity index (χ2v) is 6.80. The maximum Gasteiger partial charge on any atom is 0.283 e. The Hall–Kier alpha value is -0.880. The Bertz CT molecular complexity index is 540. The Kier molecular flexibility index (Phi) is 4.12. The molecule has 2 fully saturated rings. The molecule has 0 saturated heterocycles. The summed E-state index contributed by atoms with van der Waals surface area (Å²) in [5.41, 5.74) is 6.86. The minimum absolute atomic E-state index is 0.0497. The number of hydrogen-bond donors (Lipinski definition) is 2. The van der Waals surface area contributed by atoms with Crippen LogP contribution in [0.15, 0.2) is 15.5 Å². The summed E-state index contributed by atoms with van der Waals surface area (Å²) in [6, 6.07) is 0.394. The van der Waals surface area contributed by atoms with E-state index in [2.05, 4.69) is 26.3 Å². The molecule has 110 valence electrons. The van der Waals surface area contributed by atoms with Gasteiger partial charge in [0, 0.05) is 18.6 Å². The highest BCUT2D eigenvalue weighted by Gasteiger charge is 2.25. The van der Waals surface area contributed by atoms with E-state index in [-0.39, 0.29) is 17.6 Å². The fraction of sp³-hybridized carbons (Fsp3) is 0.714. The molecule has 5 nitrogen and oxygen atoms in total. The third kappa shape index (κ3) is 3.06. The van der Waals surface area contributed by atoms with E-state index < -0.39 is 0 Å². The van der Waals surface area contributed by atoms with E-state index in [1.54, 1.807) is 10.9 Å². The van der Waals surface area contributed by atoms with Gasteiger partial charge in [0.15, 0.2) is 0 Å². The molecule has 6 heteroatoms. The smallest absolute Gasteiger partial charge is 0.283 e. The Balaban J connectivity index is 1.75. The molecule has 1 aromatic heterocycles. The molecule has 2 unspecified atom stereocenters. The van der Waals surface area contributed by atoms with Crippen LogP contribution in [0, 0.1) is 5.92 Å². The molecule has 0 spiro atoms. The molecule has 3 rings (SSSR count). The van der Waals surface area contributed by atoms with Gasteiger partial charge in [-0.15, -0.1) is 0 Å². The van der Waals surface area contributed by atoms with Crippen LogP contribution in [0.3, 0.4) is 0 Å². The molecule has 0 aliphatic heterocycles. The van der Waals surface area contributed by atoms with Gasteiger partial charge in [-0.2, -0.15) is 5.10 Å². The van der Waals surface area contributed by atoms with Crippen molar-refractivity contribution < 1.29 is 0 Å². The van der Waals surface area contributed by atoms with Crippen molar-refractivity contribution in [3.63, 3.8) is 0 Å². The van der Waals surface area contributed by atoms with Gasteiger partial charge in [0.05, 0.1) is 11.9 Å². The van der Waals surface area contributed by atoms with Crippen molar-refractivity contribution in [1.82, 2.24) is 9.78 Å². The van der Waals surface area contributed by atoms with Crippen LogP contribution in [-0.4, -0.2) is 21.9 Å². The minimum atomic E-state index is -0.0497. The average Bonchev–Trinajstić information content (AvgIpc) is 3.25. The molecule has 2 saturated carbocycles. The van der Waals surface area contributed by atoms with Gasteiger partial charge in [-0.05, 0) is 47.5 Å². The molecule has 0 amide bonds. The first-order chi connectivity index (χ1) is 9.65. The maximum absolute atomic E-state index is 12.3. The fourth-order valence-corrected chi connectivity index (χ4v) is 3.20. The molecule has 1 heterocycles. The summed E-state index contributed by atoms with van der Waals surface area (Å²) in [6.07, 6.45) is 8.65. The van der Waals surface area contributed by atoms with Crippen LogP contribution >= 0.6 is 15.9 Å². The maximum atomic E-state index is 12.3. The van der Waals surface area contributed by atoms with E-state index in [1.807, 2.05) is 0 Å². The number of anilines is 1. The van der Waals surface area contributed by atoms with Crippen LogP contribution in [-0.2, 0) is 6.54 Å². The summed E-state index contributed by atoms with van der Waals surface area (Å²) in [6.45, 7) is 0.737. The largest absolute Gasteiger partial charge is 0.378 e. The zero-order valence-corrected chi connectivity index (χ0v) is 13.1. The lowest BCUT2D eigenvalue weighted by atomic mass is 9.91. The van der Waals surface area contributed by atoms with E-state index in [0.29, 0.717) is 10.4 Å². The molecule has 0 radical (unpaired) electrons. The highest BCUT2D eigenvalue weighted by Crippen LogP contribution is 2.30. The van der Waals surface area contributed by atoms with Crippen LogP contribution in [0.4, 0.5) is 5.69 Å². The van der Waals surface area contributed by atoms with Gasteiger partial charge >= 0.3 is 0 Å². The number of nitrogens with two attached hydrogens (primary N) is 1. The molecular weight excluding hydrogens is 320 g/mol. The fourth-order valence-electron chi connectivity index (χ4n) is 2.78. The topological polar surface area (TPSA) is 72.9 Å². The van der Waals surface area contributed by atoms with E-state index in [1.165, 1.54) is 25.7 Å². The third-order valence-corrected chi connectivity index (χ3v) is 5.04. The zero-order valence-electron chi connectivity index (χ0n) is 11.5. The SMILES string of the molecule is NC1CCCCC1Nc1cnn(CC2CC2)c(=O)c1Br. The van der Waals surface area contributed by atoms with Gasteiger partial charge in [-0.1, -0.05) is 12.8 Å². The first-order valence-electron chi connectivity index (χ1n) is 7.43. The first-order valence-corrected chi connectivity index (χ1v) is 8.22. The lowest BCUT2D eigenvalue weighted by Gasteiger charge is -2.30.